The summed E-state index contributed by atoms with van der Waals surface area (Å²) in [5.41, 5.74) is 0.784. The van der Waals surface area contributed by atoms with E-state index in [4.69, 9.17) is 9.47 Å². The smallest absolute Gasteiger partial charge is 0.215 e. The Kier molecular flexibility index (Phi) is 7.66. The van der Waals surface area contributed by atoms with Crippen molar-refractivity contribution in [3.8, 4) is 0 Å². The summed E-state index contributed by atoms with van der Waals surface area (Å²) in [6.07, 6.45) is 0.651. The molecule has 0 heterocycles. The van der Waals surface area contributed by atoms with E-state index in [0.717, 1.165) is 5.56 Å². The fourth-order valence-electron chi connectivity index (χ4n) is 1.49. The maximum atomic E-state index is 11.8. The number of hydrogen-bond donors (Lipinski definition) is 1. The van der Waals surface area contributed by atoms with Crippen molar-refractivity contribution in [1.29, 1.82) is 0 Å². The van der Waals surface area contributed by atoms with Crippen molar-refractivity contribution >= 4 is 10.0 Å². The third kappa shape index (κ3) is 7.94. The number of nitrogens with one attached hydrogen (secondary N) is 1. The van der Waals surface area contributed by atoms with Gasteiger partial charge in [0.1, 0.15) is 0 Å². The summed E-state index contributed by atoms with van der Waals surface area (Å²) >= 11 is 0. The summed E-state index contributed by atoms with van der Waals surface area (Å²) in [6.45, 7) is 2.01. The van der Waals surface area contributed by atoms with E-state index < -0.39 is 10.0 Å². The van der Waals surface area contributed by atoms with Crippen molar-refractivity contribution in [3.63, 3.8) is 0 Å². The first kappa shape index (κ1) is 16.1. The van der Waals surface area contributed by atoms with E-state index in [1.165, 1.54) is 0 Å². The van der Waals surface area contributed by atoms with E-state index in [1.54, 1.807) is 19.2 Å². The van der Waals surface area contributed by atoms with E-state index in [2.05, 4.69) is 4.72 Å². The maximum absolute atomic E-state index is 11.8. The number of methoxy groups -OCH3 is 1. The second kappa shape index (κ2) is 9.03. The average molecular weight is 287 g/mol. The van der Waals surface area contributed by atoms with Crippen molar-refractivity contribution in [2.45, 2.75) is 12.2 Å². The van der Waals surface area contributed by atoms with Crippen LogP contribution in [0.3, 0.4) is 0 Å². The minimum Gasteiger partial charge on any atom is -0.382 e. The fourth-order valence-corrected chi connectivity index (χ4v) is 2.68. The lowest BCUT2D eigenvalue weighted by molar-refractivity contribution is 0.0699. The number of ether oxygens (including phenoxy) is 2. The van der Waals surface area contributed by atoms with Gasteiger partial charge in [-0.15, -0.1) is 0 Å². The maximum Gasteiger partial charge on any atom is 0.215 e. The van der Waals surface area contributed by atoms with Gasteiger partial charge in [0, 0.05) is 20.3 Å². The van der Waals surface area contributed by atoms with E-state index in [-0.39, 0.29) is 5.75 Å². The molecule has 0 fully saturated rings. The Bertz CT molecular complexity index is 433. The zero-order valence-electron chi connectivity index (χ0n) is 11.2. The molecule has 5 nitrogen and oxygen atoms in total. The van der Waals surface area contributed by atoms with Gasteiger partial charge in [0.15, 0.2) is 0 Å². The molecule has 0 aromatic heterocycles. The van der Waals surface area contributed by atoms with E-state index in [9.17, 15) is 8.42 Å². The molecule has 0 aliphatic heterocycles. The number of sulfonamides is 1. The first-order valence-corrected chi connectivity index (χ1v) is 7.87. The van der Waals surface area contributed by atoms with Crippen molar-refractivity contribution < 1.29 is 17.9 Å². The van der Waals surface area contributed by atoms with Crippen molar-refractivity contribution in [2.24, 2.45) is 0 Å². The first-order chi connectivity index (χ1) is 9.14. The van der Waals surface area contributed by atoms with Gasteiger partial charge >= 0.3 is 0 Å². The molecule has 1 N–H and O–H groups in total. The molecule has 1 rings (SSSR count). The summed E-state index contributed by atoms with van der Waals surface area (Å²) in [5.74, 6) is 0.0123. The number of benzene rings is 1. The number of rotatable bonds is 10. The quantitative estimate of drug-likeness (QED) is 0.656. The van der Waals surface area contributed by atoms with Crippen LogP contribution in [0.5, 0.6) is 0 Å². The summed E-state index contributed by atoms with van der Waals surface area (Å²) in [5, 5.41) is 0. The highest BCUT2D eigenvalue weighted by molar-refractivity contribution is 7.88. The Hall–Kier alpha value is -0.950. The van der Waals surface area contributed by atoms with Crippen LogP contribution in [0.1, 0.15) is 12.0 Å². The topological polar surface area (TPSA) is 64.6 Å². The minimum absolute atomic E-state index is 0.0123. The van der Waals surface area contributed by atoms with Gasteiger partial charge < -0.3 is 9.47 Å². The Balaban J connectivity index is 2.17. The molecular weight excluding hydrogens is 266 g/mol. The highest BCUT2D eigenvalue weighted by atomic mass is 32.2. The van der Waals surface area contributed by atoms with Crippen LogP contribution < -0.4 is 4.72 Å². The lowest BCUT2D eigenvalue weighted by Crippen LogP contribution is -2.27. The average Bonchev–Trinajstić information content (AvgIpc) is 2.38. The van der Waals surface area contributed by atoms with Gasteiger partial charge in [-0.25, -0.2) is 13.1 Å². The lowest BCUT2D eigenvalue weighted by atomic mass is 10.2. The standard InChI is InChI=1S/C13H21NO4S/c1-17-10-11-18-9-5-8-14-19(15,16)12-13-6-3-2-4-7-13/h2-4,6-7,14H,5,8-12H2,1H3. The normalized spacial score (nSPS) is 11.6. The Morgan fingerprint density at radius 2 is 1.84 bits per heavy atom. The van der Waals surface area contributed by atoms with E-state index in [0.29, 0.717) is 32.8 Å². The molecule has 0 aliphatic carbocycles. The van der Waals surface area contributed by atoms with Gasteiger partial charge in [0.25, 0.3) is 0 Å². The van der Waals surface area contributed by atoms with E-state index in [1.807, 2.05) is 18.2 Å². The van der Waals surface area contributed by atoms with Gasteiger partial charge in [-0.3, -0.25) is 0 Å². The molecule has 0 radical (unpaired) electrons. The largest absolute Gasteiger partial charge is 0.382 e. The summed E-state index contributed by atoms with van der Waals surface area (Å²) in [6, 6.07) is 9.12. The monoisotopic (exact) mass is 287 g/mol. The van der Waals surface area contributed by atoms with Gasteiger partial charge in [-0.1, -0.05) is 30.3 Å². The van der Waals surface area contributed by atoms with Gasteiger partial charge in [-0.2, -0.15) is 0 Å². The predicted molar refractivity (Wildman–Crippen MR) is 74.4 cm³/mol. The molecule has 0 unspecified atom stereocenters. The zero-order valence-corrected chi connectivity index (χ0v) is 12.0. The summed E-state index contributed by atoms with van der Waals surface area (Å²) in [7, 11) is -1.65. The van der Waals surface area contributed by atoms with Crippen LogP contribution in [-0.4, -0.2) is 41.9 Å². The molecule has 108 valence electrons. The molecule has 19 heavy (non-hydrogen) atoms. The van der Waals surface area contributed by atoms with Gasteiger partial charge in [-0.05, 0) is 12.0 Å². The molecule has 1 aromatic rings. The van der Waals surface area contributed by atoms with Gasteiger partial charge in [0.2, 0.25) is 10.0 Å². The van der Waals surface area contributed by atoms with E-state index >= 15 is 0 Å². The van der Waals surface area contributed by atoms with Crippen LogP contribution in [0.25, 0.3) is 0 Å². The van der Waals surface area contributed by atoms with Crippen LogP contribution in [0.15, 0.2) is 30.3 Å². The first-order valence-electron chi connectivity index (χ1n) is 6.22. The molecule has 0 aliphatic rings. The van der Waals surface area contributed by atoms with Crippen LogP contribution >= 0.6 is 0 Å². The van der Waals surface area contributed by atoms with Crippen molar-refractivity contribution in [3.05, 3.63) is 35.9 Å². The molecule has 0 spiro atoms. The minimum atomic E-state index is -3.26. The van der Waals surface area contributed by atoms with Crippen LogP contribution in [-0.2, 0) is 25.2 Å². The SMILES string of the molecule is COCCOCCCNS(=O)(=O)Cc1ccccc1. The molecule has 6 heteroatoms. The fraction of sp³-hybridized carbons (Fsp3) is 0.538. The lowest BCUT2D eigenvalue weighted by Gasteiger charge is -2.07. The highest BCUT2D eigenvalue weighted by Crippen LogP contribution is 2.03. The molecule has 1 aromatic carbocycles. The van der Waals surface area contributed by atoms with Crippen molar-refractivity contribution in [2.75, 3.05) is 33.5 Å². The highest BCUT2D eigenvalue weighted by Gasteiger charge is 2.09. The molecule has 0 amide bonds. The molecular formula is C13H21NO4S. The molecule has 0 saturated heterocycles. The van der Waals surface area contributed by atoms with Crippen LogP contribution in [0, 0.1) is 0 Å². The molecule has 0 bridgehead atoms. The predicted octanol–water partition coefficient (Wildman–Crippen LogP) is 1.16. The second-order valence-electron chi connectivity index (χ2n) is 4.10. The summed E-state index contributed by atoms with van der Waals surface area (Å²) in [4.78, 5) is 0. The summed E-state index contributed by atoms with van der Waals surface area (Å²) < 4.78 is 36.2. The Morgan fingerprint density at radius 1 is 1.11 bits per heavy atom. The second-order valence-corrected chi connectivity index (χ2v) is 5.90. The number of hydrogen-bond acceptors (Lipinski definition) is 4. The molecule has 0 atom stereocenters. The van der Waals surface area contributed by atoms with Crippen molar-refractivity contribution in [1.82, 2.24) is 4.72 Å². The zero-order chi connectivity index (χ0) is 14.0. The third-order valence-electron chi connectivity index (χ3n) is 2.42. The third-order valence-corrected chi connectivity index (χ3v) is 3.78. The van der Waals surface area contributed by atoms with Gasteiger partial charge in [0.05, 0.1) is 19.0 Å². The Morgan fingerprint density at radius 3 is 2.53 bits per heavy atom. The van der Waals surface area contributed by atoms with Crippen LogP contribution in [0.2, 0.25) is 0 Å². The molecule has 0 saturated carbocycles. The Labute approximate surface area is 115 Å². The van der Waals surface area contributed by atoms with Crippen LogP contribution in [0.4, 0.5) is 0 Å².